The molecule has 2 aliphatic rings. The first kappa shape index (κ1) is 43.2. The molecule has 0 aliphatic carbocycles. The second kappa shape index (κ2) is 19.1. The quantitative estimate of drug-likeness (QED) is 0.0949. The molecule has 1 aromatic heterocycles. The summed E-state index contributed by atoms with van der Waals surface area (Å²) in [5.41, 5.74) is -0.258. The lowest BCUT2D eigenvalue weighted by atomic mass is 10.1. The number of amides is 1. The number of piperidine rings is 2. The summed E-state index contributed by atoms with van der Waals surface area (Å²) in [6.07, 6.45) is 1.59. The van der Waals surface area contributed by atoms with Crippen molar-refractivity contribution in [3.05, 3.63) is 58.6 Å². The van der Waals surface area contributed by atoms with Gasteiger partial charge in [0.05, 0.1) is 22.7 Å². The first-order valence-electron chi connectivity index (χ1n) is 14.0. The molecule has 2 aliphatic heterocycles. The highest BCUT2D eigenvalue weighted by molar-refractivity contribution is 6.33. The summed E-state index contributed by atoms with van der Waals surface area (Å²) in [5, 5.41) is 5.45. The van der Waals surface area contributed by atoms with E-state index in [0.29, 0.717) is 23.5 Å². The van der Waals surface area contributed by atoms with Gasteiger partial charge in [0.1, 0.15) is 0 Å². The van der Waals surface area contributed by atoms with Crippen LogP contribution in [0.5, 0.6) is 0 Å². The number of benzene rings is 2. The molecule has 0 unspecified atom stereocenters. The Hall–Kier alpha value is -3.80. The van der Waals surface area contributed by atoms with Crippen LogP contribution < -0.4 is 45.0 Å². The standard InChI is InChI=1S/C29H31ClF3N7O2.ClH.4H3N.4H2/c30-22-12-9-20(29(31,32)33)17-23(22)35-25(42)18-24(41)19-7-10-21(11-8-19)34-26-36-27(39-13-3-1-4-14-39)38-28(37-26)40-15-5-2-6-16-40;;;;;;;;;/h7-12,17H,1-6,13-16,18H2,(H,35,42)(H,34,36,37,38);1H;4*1H3;4*1H. The minimum Gasteiger partial charge on any atom is -0.344 e. The number of carbonyl (C=O) groups excluding carboxylic acids is 2. The molecule has 5 rings (SSSR count). The zero-order valence-electron chi connectivity index (χ0n) is 26.1. The summed E-state index contributed by atoms with van der Waals surface area (Å²) < 4.78 is 39.1. The van der Waals surface area contributed by atoms with Gasteiger partial charge in [-0.05, 0) is 81.0 Å². The number of anilines is 5. The Morgan fingerprint density at radius 3 is 1.79 bits per heavy atom. The minimum absolute atomic E-state index is 0. The van der Waals surface area contributed by atoms with E-state index >= 15 is 0 Å². The first-order chi connectivity index (χ1) is 20.2. The molecule has 0 bridgehead atoms. The fraction of sp³-hybridized carbons (Fsp3) is 0.414. The lowest BCUT2D eigenvalue weighted by Crippen LogP contribution is -2.34. The van der Waals surface area contributed by atoms with Crippen molar-refractivity contribution in [2.75, 3.05) is 46.6 Å². The highest BCUT2D eigenvalue weighted by Gasteiger charge is 2.31. The average molecular weight is 715 g/mol. The second-order valence-electron chi connectivity index (χ2n) is 10.4. The van der Waals surface area contributed by atoms with Gasteiger partial charge in [0.25, 0.3) is 0 Å². The summed E-state index contributed by atoms with van der Waals surface area (Å²) in [6.45, 7) is 3.58. The fourth-order valence-corrected chi connectivity index (χ4v) is 5.15. The van der Waals surface area contributed by atoms with Crippen molar-refractivity contribution in [2.45, 2.75) is 51.1 Å². The van der Waals surface area contributed by atoms with Gasteiger partial charge in [0.2, 0.25) is 23.8 Å². The Kier molecular flexibility index (Phi) is 17.6. The van der Waals surface area contributed by atoms with E-state index in [1.807, 2.05) is 0 Å². The van der Waals surface area contributed by atoms with Crippen LogP contribution in [0, 0.1) is 0 Å². The maximum Gasteiger partial charge on any atom is 0.416 e. The average Bonchev–Trinajstić information content (AvgIpc) is 2.99. The van der Waals surface area contributed by atoms with Crippen molar-refractivity contribution in [1.29, 1.82) is 0 Å². The third-order valence-corrected chi connectivity index (χ3v) is 7.57. The number of nitrogens with one attached hydrogen (secondary N) is 2. The van der Waals surface area contributed by atoms with Crippen molar-refractivity contribution < 1.29 is 28.5 Å². The Morgan fingerprint density at radius 2 is 1.30 bits per heavy atom. The van der Waals surface area contributed by atoms with Gasteiger partial charge in [-0.3, -0.25) is 9.59 Å². The molecule has 18 heteroatoms. The van der Waals surface area contributed by atoms with Crippen LogP contribution in [0.15, 0.2) is 42.5 Å². The van der Waals surface area contributed by atoms with E-state index in [0.717, 1.165) is 70.1 Å². The van der Waals surface area contributed by atoms with Crippen molar-refractivity contribution in [2.24, 2.45) is 0 Å². The molecule has 3 heterocycles. The number of halogens is 5. The molecule has 13 nitrogen and oxygen atoms in total. The largest absolute Gasteiger partial charge is 0.416 e. The Bertz CT molecular complexity index is 1420. The minimum atomic E-state index is -4.60. The molecular weight excluding hydrogens is 662 g/mol. The highest BCUT2D eigenvalue weighted by atomic mass is 35.5. The molecular formula is C29H52Cl2F3N11O2. The number of rotatable bonds is 8. The molecule has 47 heavy (non-hydrogen) atoms. The number of alkyl halides is 3. The molecule has 1 amide bonds. The molecule has 2 saturated heterocycles. The van der Waals surface area contributed by atoms with Crippen LogP contribution in [0.2, 0.25) is 5.02 Å². The molecule has 2 fully saturated rings. The summed E-state index contributed by atoms with van der Waals surface area (Å²) in [6, 6.07) is 9.09. The van der Waals surface area contributed by atoms with Gasteiger partial charge in [-0.25, -0.2) is 0 Å². The van der Waals surface area contributed by atoms with Gasteiger partial charge in [0.15, 0.2) is 5.78 Å². The van der Waals surface area contributed by atoms with Crippen LogP contribution in [0.3, 0.4) is 0 Å². The van der Waals surface area contributed by atoms with E-state index in [1.165, 1.54) is 12.8 Å². The third-order valence-electron chi connectivity index (χ3n) is 7.24. The molecule has 0 atom stereocenters. The zero-order chi connectivity index (χ0) is 29.7. The van der Waals surface area contributed by atoms with Gasteiger partial charge < -0.3 is 45.0 Å². The van der Waals surface area contributed by atoms with Crippen LogP contribution in [0.4, 0.5) is 42.4 Å². The predicted molar refractivity (Wildman–Crippen MR) is 192 cm³/mol. The van der Waals surface area contributed by atoms with Crippen molar-refractivity contribution >= 4 is 64.9 Å². The lowest BCUT2D eigenvalue weighted by molar-refractivity contribution is -0.137. The third kappa shape index (κ3) is 11.4. The van der Waals surface area contributed by atoms with Crippen molar-refractivity contribution in [3.8, 4) is 0 Å². The molecule has 0 radical (unpaired) electrons. The fourth-order valence-electron chi connectivity index (χ4n) is 4.99. The summed E-state index contributed by atoms with van der Waals surface area (Å²) in [4.78, 5) is 43.7. The van der Waals surface area contributed by atoms with Gasteiger partial charge in [-0.1, -0.05) is 11.6 Å². The normalized spacial score (nSPS) is 14.1. The molecule has 3 aromatic rings. The Morgan fingerprint density at radius 1 is 0.787 bits per heavy atom. The molecule has 270 valence electrons. The van der Waals surface area contributed by atoms with E-state index in [4.69, 9.17) is 16.6 Å². The molecule has 0 spiro atoms. The van der Waals surface area contributed by atoms with E-state index in [-0.39, 0.29) is 59.0 Å². The number of hydrogen-bond donors (Lipinski definition) is 6. The number of carbonyl (C=O) groups is 2. The van der Waals surface area contributed by atoms with Gasteiger partial charge in [0, 0.05) is 43.1 Å². The monoisotopic (exact) mass is 713 g/mol. The molecule has 0 saturated carbocycles. The molecule has 2 aromatic carbocycles. The SMILES string of the molecule is Cl.N.N.N.N.O=C(CC(=O)c1ccc(Nc2nc(N3CCCCC3)nc(N3CCCCC3)n2)cc1)Nc1cc(C(F)(F)F)ccc1Cl.[HH].[HH].[HH].[HH]. The predicted octanol–water partition coefficient (Wildman–Crippen LogP) is 8.53. The number of aromatic nitrogens is 3. The first-order valence-corrected chi connectivity index (χ1v) is 14.4. The van der Waals surface area contributed by atoms with Gasteiger partial charge in [-0.15, -0.1) is 12.4 Å². The Balaban J connectivity index is -0.000000784. The highest BCUT2D eigenvalue weighted by Crippen LogP contribution is 2.34. The van der Waals surface area contributed by atoms with Gasteiger partial charge in [-0.2, -0.15) is 28.1 Å². The number of Topliss-reactive ketones (excluding diaryl/α,β-unsaturated/α-hetero) is 1. The second-order valence-corrected chi connectivity index (χ2v) is 10.8. The zero-order valence-corrected chi connectivity index (χ0v) is 27.7. The topological polar surface area (TPSA) is 243 Å². The molecule has 14 N–H and O–H groups in total. The summed E-state index contributed by atoms with van der Waals surface area (Å²) in [5.74, 6) is 0.423. The summed E-state index contributed by atoms with van der Waals surface area (Å²) in [7, 11) is 0. The van der Waals surface area contributed by atoms with Crippen LogP contribution in [0.25, 0.3) is 0 Å². The van der Waals surface area contributed by atoms with E-state index in [1.54, 1.807) is 24.3 Å². The van der Waals surface area contributed by atoms with Crippen LogP contribution in [-0.4, -0.2) is 52.8 Å². The maximum atomic E-state index is 13.0. The van der Waals surface area contributed by atoms with Crippen LogP contribution in [0.1, 0.15) is 66.6 Å². The van der Waals surface area contributed by atoms with E-state index < -0.39 is 29.9 Å². The van der Waals surface area contributed by atoms with Crippen molar-refractivity contribution in [1.82, 2.24) is 39.6 Å². The maximum absolute atomic E-state index is 13.0. The summed E-state index contributed by atoms with van der Waals surface area (Å²) >= 11 is 5.94. The van der Waals surface area contributed by atoms with Gasteiger partial charge >= 0.3 is 6.18 Å². The lowest BCUT2D eigenvalue weighted by Gasteiger charge is -2.30. The van der Waals surface area contributed by atoms with Crippen LogP contribution >= 0.6 is 24.0 Å². The number of ketones is 1. The smallest absolute Gasteiger partial charge is 0.344 e. The van der Waals surface area contributed by atoms with Crippen molar-refractivity contribution in [3.63, 3.8) is 0 Å². The number of hydrogen-bond acceptors (Lipinski definition) is 12. The van der Waals surface area contributed by atoms with E-state index in [9.17, 15) is 22.8 Å². The van der Waals surface area contributed by atoms with E-state index in [2.05, 4.69) is 30.4 Å². The van der Waals surface area contributed by atoms with Crippen LogP contribution in [-0.2, 0) is 11.0 Å². The Labute approximate surface area is 289 Å². The number of nitrogens with zero attached hydrogens (tertiary/aromatic N) is 5.